The van der Waals surface area contributed by atoms with Gasteiger partial charge in [0.25, 0.3) is 0 Å². The first kappa shape index (κ1) is 16.0. The number of anilines is 2. The summed E-state index contributed by atoms with van der Waals surface area (Å²) < 4.78 is 5.17. The van der Waals surface area contributed by atoms with Crippen LogP contribution in [0.3, 0.4) is 0 Å². The molecular weight excluding hydrogens is 260 g/mol. The molecule has 0 saturated carbocycles. The Morgan fingerprint density at radius 3 is 2.75 bits per heavy atom. The van der Waals surface area contributed by atoms with Gasteiger partial charge in [0, 0.05) is 20.3 Å². The van der Waals surface area contributed by atoms with Crippen molar-refractivity contribution in [2.75, 3.05) is 38.0 Å². The van der Waals surface area contributed by atoms with Crippen molar-refractivity contribution in [1.82, 2.24) is 10.3 Å². The smallest absolute Gasteiger partial charge is 0.319 e. The highest BCUT2D eigenvalue weighted by Crippen LogP contribution is 2.31. The first-order chi connectivity index (χ1) is 9.53. The van der Waals surface area contributed by atoms with Gasteiger partial charge in [-0.15, -0.1) is 0 Å². The maximum Gasteiger partial charge on any atom is 0.319 e. The molecule has 7 heteroatoms. The van der Waals surface area contributed by atoms with Gasteiger partial charge in [0.05, 0.1) is 25.4 Å². The second kappa shape index (κ2) is 7.54. The van der Waals surface area contributed by atoms with Crippen LogP contribution in [0.15, 0.2) is 12.3 Å². The number of pyridine rings is 1. The summed E-state index contributed by atoms with van der Waals surface area (Å²) in [7, 11) is 5.22. The van der Waals surface area contributed by atoms with Crippen LogP contribution in [0, 0.1) is 0 Å². The van der Waals surface area contributed by atoms with E-state index >= 15 is 0 Å². The molecule has 0 fully saturated rings. The Bertz CT molecular complexity index is 447. The topological polar surface area (TPSA) is 86.7 Å². The van der Waals surface area contributed by atoms with Crippen molar-refractivity contribution in [1.29, 1.82) is 0 Å². The summed E-state index contributed by atoms with van der Waals surface area (Å²) in [4.78, 5) is 17.9. The fraction of sp³-hybridized carbons (Fsp3) is 0.538. The van der Waals surface area contributed by atoms with Gasteiger partial charge < -0.3 is 25.4 Å². The van der Waals surface area contributed by atoms with E-state index in [-0.39, 0.29) is 12.6 Å². The summed E-state index contributed by atoms with van der Waals surface area (Å²) in [5, 5.41) is 14.5. The second-order valence-corrected chi connectivity index (χ2v) is 4.49. The van der Waals surface area contributed by atoms with E-state index in [0.717, 1.165) is 5.69 Å². The molecule has 3 N–H and O–H groups in total. The number of nitrogens with zero attached hydrogens (tertiary/aromatic N) is 2. The molecule has 0 bridgehead atoms. The zero-order chi connectivity index (χ0) is 15.1. The van der Waals surface area contributed by atoms with E-state index in [2.05, 4.69) is 15.6 Å². The van der Waals surface area contributed by atoms with Crippen molar-refractivity contribution in [2.45, 2.75) is 19.4 Å². The molecule has 112 valence electrons. The molecule has 1 atom stereocenters. The van der Waals surface area contributed by atoms with E-state index in [1.165, 1.54) is 7.11 Å². The number of hydrogen-bond donors (Lipinski definition) is 3. The first-order valence-corrected chi connectivity index (χ1v) is 6.42. The number of amides is 2. The molecule has 1 aromatic heterocycles. The van der Waals surface area contributed by atoms with E-state index in [9.17, 15) is 4.79 Å². The molecule has 20 heavy (non-hydrogen) atoms. The third-order valence-electron chi connectivity index (χ3n) is 2.86. The van der Waals surface area contributed by atoms with Gasteiger partial charge in [-0.1, -0.05) is 6.92 Å². The predicted molar refractivity (Wildman–Crippen MR) is 78.4 cm³/mol. The largest absolute Gasteiger partial charge is 0.479 e. The lowest BCUT2D eigenvalue weighted by Gasteiger charge is -2.20. The zero-order valence-corrected chi connectivity index (χ0v) is 12.3. The van der Waals surface area contributed by atoms with Crippen LogP contribution in [0.4, 0.5) is 16.2 Å². The molecule has 0 spiro atoms. The number of aliphatic hydroxyl groups excluding tert-OH is 1. The molecule has 2 amide bonds. The van der Waals surface area contributed by atoms with E-state index in [4.69, 9.17) is 9.84 Å². The molecular formula is C13H22N4O3. The fourth-order valence-electron chi connectivity index (χ4n) is 1.69. The number of ether oxygens (including phenoxy) is 1. The van der Waals surface area contributed by atoms with Gasteiger partial charge in [0.15, 0.2) is 0 Å². The van der Waals surface area contributed by atoms with Crippen molar-refractivity contribution in [3.05, 3.63) is 12.3 Å². The number of aromatic nitrogens is 1. The molecule has 0 aliphatic carbocycles. The van der Waals surface area contributed by atoms with E-state index < -0.39 is 6.03 Å². The highest BCUT2D eigenvalue weighted by atomic mass is 16.5. The van der Waals surface area contributed by atoms with Crippen LogP contribution in [0.1, 0.15) is 13.3 Å². The van der Waals surface area contributed by atoms with E-state index in [1.807, 2.05) is 25.9 Å². The van der Waals surface area contributed by atoms with Gasteiger partial charge in [-0.2, -0.15) is 0 Å². The average molecular weight is 282 g/mol. The minimum absolute atomic E-state index is 0.103. The lowest BCUT2D eigenvalue weighted by Crippen LogP contribution is -2.40. The maximum atomic E-state index is 11.9. The Morgan fingerprint density at radius 1 is 1.55 bits per heavy atom. The molecule has 0 unspecified atom stereocenters. The SMILES string of the molecule is CC[C@@H](CO)NC(=O)Nc1c(N(C)C)ccnc1OC. The molecule has 0 saturated heterocycles. The molecule has 0 aliphatic heterocycles. The Kier molecular flexibility index (Phi) is 6.05. The Labute approximate surface area is 118 Å². The summed E-state index contributed by atoms with van der Waals surface area (Å²) in [6.45, 7) is 1.78. The maximum absolute atomic E-state index is 11.9. The number of urea groups is 1. The number of hydrogen-bond acceptors (Lipinski definition) is 5. The summed E-state index contributed by atoms with van der Waals surface area (Å²) in [6, 6.07) is 1.10. The predicted octanol–water partition coefficient (Wildman–Crippen LogP) is 1.05. The number of methoxy groups -OCH3 is 1. The Balaban J connectivity index is 2.92. The van der Waals surface area contributed by atoms with Gasteiger partial charge in [-0.05, 0) is 12.5 Å². The van der Waals surface area contributed by atoms with Crippen LogP contribution < -0.4 is 20.3 Å². The number of nitrogens with one attached hydrogen (secondary N) is 2. The third-order valence-corrected chi connectivity index (χ3v) is 2.86. The Morgan fingerprint density at radius 2 is 2.25 bits per heavy atom. The molecule has 7 nitrogen and oxygen atoms in total. The summed E-state index contributed by atoms with van der Waals surface area (Å²) >= 11 is 0. The van der Waals surface area contributed by atoms with Crippen molar-refractivity contribution in [3.8, 4) is 5.88 Å². The minimum Gasteiger partial charge on any atom is -0.479 e. The molecule has 1 heterocycles. The van der Waals surface area contributed by atoms with Gasteiger partial charge in [0.2, 0.25) is 5.88 Å². The third kappa shape index (κ3) is 3.99. The van der Waals surface area contributed by atoms with E-state index in [0.29, 0.717) is 18.0 Å². The van der Waals surface area contributed by atoms with Gasteiger partial charge in [-0.3, -0.25) is 0 Å². The normalized spacial score (nSPS) is 11.7. The molecule has 0 aliphatic rings. The highest BCUT2D eigenvalue weighted by Gasteiger charge is 2.16. The molecule has 0 radical (unpaired) electrons. The Hall–Kier alpha value is -2.02. The van der Waals surface area contributed by atoms with Crippen LogP contribution in [0.2, 0.25) is 0 Å². The fourth-order valence-corrected chi connectivity index (χ4v) is 1.69. The summed E-state index contributed by atoms with van der Waals surface area (Å²) in [5.41, 5.74) is 1.27. The lowest BCUT2D eigenvalue weighted by atomic mass is 10.2. The lowest BCUT2D eigenvalue weighted by molar-refractivity contribution is 0.222. The average Bonchev–Trinajstić information content (AvgIpc) is 2.44. The van der Waals surface area contributed by atoms with Crippen LogP contribution in [-0.2, 0) is 0 Å². The van der Waals surface area contributed by atoms with Gasteiger partial charge in [-0.25, -0.2) is 9.78 Å². The van der Waals surface area contributed by atoms with Crippen molar-refractivity contribution < 1.29 is 14.6 Å². The molecule has 1 aromatic rings. The zero-order valence-electron chi connectivity index (χ0n) is 12.3. The second-order valence-electron chi connectivity index (χ2n) is 4.49. The van der Waals surface area contributed by atoms with Crippen molar-refractivity contribution in [2.24, 2.45) is 0 Å². The molecule has 1 rings (SSSR count). The summed E-state index contributed by atoms with van der Waals surface area (Å²) in [6.07, 6.45) is 2.26. The molecule has 0 aromatic carbocycles. The summed E-state index contributed by atoms with van der Waals surface area (Å²) in [5.74, 6) is 0.336. The van der Waals surface area contributed by atoms with Gasteiger partial charge in [0.1, 0.15) is 5.69 Å². The number of rotatable bonds is 6. The van der Waals surface area contributed by atoms with Crippen LogP contribution in [0.25, 0.3) is 0 Å². The van der Waals surface area contributed by atoms with Crippen LogP contribution in [0.5, 0.6) is 5.88 Å². The standard InChI is InChI=1S/C13H22N4O3/c1-5-9(8-18)15-13(19)16-11-10(17(2)3)6-7-14-12(11)20-4/h6-7,9,18H,5,8H2,1-4H3,(H2,15,16,19)/t9-/m0/s1. The van der Waals surface area contributed by atoms with Crippen molar-refractivity contribution >= 4 is 17.4 Å². The number of carbonyl (C=O) groups excluding carboxylic acids is 1. The van der Waals surface area contributed by atoms with Crippen LogP contribution in [-0.4, -0.2) is 50.0 Å². The highest BCUT2D eigenvalue weighted by molar-refractivity contribution is 5.95. The number of carbonyl (C=O) groups is 1. The van der Waals surface area contributed by atoms with Crippen molar-refractivity contribution in [3.63, 3.8) is 0 Å². The quantitative estimate of drug-likeness (QED) is 0.726. The van der Waals surface area contributed by atoms with Gasteiger partial charge >= 0.3 is 6.03 Å². The van der Waals surface area contributed by atoms with Crippen LogP contribution >= 0.6 is 0 Å². The van der Waals surface area contributed by atoms with E-state index in [1.54, 1.807) is 12.3 Å². The minimum atomic E-state index is -0.402. The first-order valence-electron chi connectivity index (χ1n) is 6.42. The number of aliphatic hydroxyl groups is 1. The monoisotopic (exact) mass is 282 g/mol.